The first-order valence-corrected chi connectivity index (χ1v) is 6.67. The molecule has 0 heterocycles. The van der Waals surface area contributed by atoms with Gasteiger partial charge in [-0.1, -0.05) is 60.7 Å². The molecule has 0 saturated heterocycles. The molecule has 0 saturated carbocycles. The van der Waals surface area contributed by atoms with Gasteiger partial charge in [-0.05, 0) is 19.3 Å². The van der Waals surface area contributed by atoms with Gasteiger partial charge in [0, 0.05) is 10.8 Å². The van der Waals surface area contributed by atoms with Crippen LogP contribution in [0.4, 0.5) is 0 Å². The molecule has 1 aromatic rings. The van der Waals surface area contributed by atoms with Gasteiger partial charge >= 0.3 is 0 Å². The van der Waals surface area contributed by atoms with E-state index in [1.54, 1.807) is 0 Å². The molecule has 0 aromatic heterocycles. The van der Waals surface area contributed by atoms with Crippen molar-refractivity contribution in [3.8, 4) is 0 Å². The molecule has 0 radical (unpaired) electrons. The first-order chi connectivity index (χ1) is 7.86. The first-order valence-electron chi connectivity index (χ1n) is 5.79. The van der Waals surface area contributed by atoms with E-state index >= 15 is 0 Å². The number of rotatable bonds is 2. The smallest absolute Gasteiger partial charge is 0.219 e. The highest BCUT2D eigenvalue weighted by Gasteiger charge is 2.14. The maximum Gasteiger partial charge on any atom is 0.219 e. The molecule has 0 fully saturated rings. The number of thioether (sulfide) groups is 1. The third kappa shape index (κ3) is 3.24. The highest BCUT2D eigenvalue weighted by Crippen LogP contribution is 2.25. The van der Waals surface area contributed by atoms with Crippen molar-refractivity contribution in [1.82, 2.24) is 0 Å². The molecule has 1 aliphatic carbocycles. The fraction of sp³-hybridized carbons (Fsp3) is 0.357. The summed E-state index contributed by atoms with van der Waals surface area (Å²) >= 11 is 1.46. The van der Waals surface area contributed by atoms with Crippen molar-refractivity contribution in [3.63, 3.8) is 0 Å². The average Bonchev–Trinajstić information content (AvgIpc) is 2.59. The zero-order chi connectivity index (χ0) is 11.2. The minimum atomic E-state index is 0.192. The summed E-state index contributed by atoms with van der Waals surface area (Å²) in [7, 11) is 0. The third-order valence-corrected chi connectivity index (χ3v) is 3.87. The zero-order valence-corrected chi connectivity index (χ0v) is 10.1. The predicted octanol–water partition coefficient (Wildman–Crippen LogP) is 4.06. The second kappa shape index (κ2) is 5.90. The summed E-state index contributed by atoms with van der Waals surface area (Å²) in [5.74, 6) is 0. The molecule has 0 unspecified atom stereocenters. The molecule has 0 aliphatic heterocycles. The molecule has 1 nitrogen and oxygen atoms in total. The lowest BCUT2D eigenvalue weighted by atomic mass is 10.2. The van der Waals surface area contributed by atoms with Crippen molar-refractivity contribution >= 4 is 16.9 Å². The lowest BCUT2D eigenvalue weighted by molar-refractivity contribution is 0.108. The molecule has 2 rings (SSSR count). The van der Waals surface area contributed by atoms with Gasteiger partial charge in [-0.2, -0.15) is 0 Å². The average molecular weight is 232 g/mol. The fourth-order valence-corrected chi connectivity index (χ4v) is 2.85. The molecule has 84 valence electrons. The van der Waals surface area contributed by atoms with Crippen LogP contribution >= 0.6 is 11.8 Å². The van der Waals surface area contributed by atoms with Crippen LogP contribution in [-0.4, -0.2) is 10.4 Å². The van der Waals surface area contributed by atoms with Crippen LogP contribution in [0.1, 0.15) is 36.0 Å². The summed E-state index contributed by atoms with van der Waals surface area (Å²) < 4.78 is 0. The van der Waals surface area contributed by atoms with Gasteiger partial charge in [-0.25, -0.2) is 0 Å². The van der Waals surface area contributed by atoms with Crippen molar-refractivity contribution in [1.29, 1.82) is 0 Å². The van der Waals surface area contributed by atoms with Crippen molar-refractivity contribution < 1.29 is 4.79 Å². The first kappa shape index (κ1) is 11.5. The maximum absolute atomic E-state index is 12.0. The van der Waals surface area contributed by atoms with E-state index in [0.717, 1.165) is 18.4 Å². The lowest BCUT2D eigenvalue weighted by Crippen LogP contribution is -2.03. The summed E-state index contributed by atoms with van der Waals surface area (Å²) in [6.45, 7) is 0. The van der Waals surface area contributed by atoms with Crippen molar-refractivity contribution in [2.45, 2.75) is 30.9 Å². The molecule has 16 heavy (non-hydrogen) atoms. The lowest BCUT2D eigenvalue weighted by Gasteiger charge is -2.09. The molecule has 0 spiro atoms. The monoisotopic (exact) mass is 232 g/mol. The number of carbonyl (C=O) groups is 1. The topological polar surface area (TPSA) is 17.1 Å². The van der Waals surface area contributed by atoms with Crippen LogP contribution in [0.2, 0.25) is 0 Å². The van der Waals surface area contributed by atoms with E-state index in [4.69, 9.17) is 0 Å². The third-order valence-electron chi connectivity index (χ3n) is 2.73. The summed E-state index contributed by atoms with van der Waals surface area (Å²) in [6, 6.07) is 9.53. The van der Waals surface area contributed by atoms with E-state index in [-0.39, 0.29) is 5.12 Å². The highest BCUT2D eigenvalue weighted by molar-refractivity contribution is 8.14. The van der Waals surface area contributed by atoms with Crippen LogP contribution in [0.5, 0.6) is 0 Å². The second-order valence-corrected chi connectivity index (χ2v) is 5.23. The Morgan fingerprint density at radius 3 is 2.81 bits per heavy atom. The Hall–Kier alpha value is -1.02. The molecule has 1 atom stereocenters. The summed E-state index contributed by atoms with van der Waals surface area (Å²) in [5.41, 5.74) is 0.810. The number of benzene rings is 1. The van der Waals surface area contributed by atoms with Crippen LogP contribution in [0, 0.1) is 0 Å². The van der Waals surface area contributed by atoms with Gasteiger partial charge < -0.3 is 0 Å². The van der Waals surface area contributed by atoms with Crippen LogP contribution in [0.3, 0.4) is 0 Å². The Morgan fingerprint density at radius 1 is 1.19 bits per heavy atom. The Bertz CT molecular complexity index is 370. The van der Waals surface area contributed by atoms with Gasteiger partial charge in [-0.15, -0.1) is 0 Å². The normalized spacial score (nSPS) is 20.4. The maximum atomic E-state index is 12.0. The van der Waals surface area contributed by atoms with Crippen LogP contribution in [-0.2, 0) is 0 Å². The zero-order valence-electron chi connectivity index (χ0n) is 9.26. The van der Waals surface area contributed by atoms with Gasteiger partial charge in [0.05, 0.1) is 0 Å². The Labute approximate surface area is 101 Å². The largest absolute Gasteiger partial charge is 0.282 e. The molecule has 0 amide bonds. The number of hydrogen-bond donors (Lipinski definition) is 0. The van der Waals surface area contributed by atoms with Crippen LogP contribution < -0.4 is 0 Å². The van der Waals surface area contributed by atoms with Gasteiger partial charge in [0.25, 0.3) is 0 Å². The highest BCUT2D eigenvalue weighted by atomic mass is 32.2. The molecular weight excluding hydrogens is 216 g/mol. The van der Waals surface area contributed by atoms with Crippen molar-refractivity contribution in [2.24, 2.45) is 0 Å². The van der Waals surface area contributed by atoms with E-state index in [1.807, 2.05) is 30.3 Å². The second-order valence-electron chi connectivity index (χ2n) is 4.02. The van der Waals surface area contributed by atoms with Crippen LogP contribution in [0.15, 0.2) is 42.5 Å². The van der Waals surface area contributed by atoms with Crippen molar-refractivity contribution in [2.75, 3.05) is 0 Å². The molecule has 0 bridgehead atoms. The Morgan fingerprint density at radius 2 is 2.00 bits per heavy atom. The number of carbonyl (C=O) groups excluding carboxylic acids is 1. The van der Waals surface area contributed by atoms with Gasteiger partial charge in [-0.3, -0.25) is 4.79 Å². The van der Waals surface area contributed by atoms with E-state index in [9.17, 15) is 4.79 Å². The summed E-state index contributed by atoms with van der Waals surface area (Å²) in [6.07, 6.45) is 9.18. The van der Waals surface area contributed by atoms with E-state index in [0.29, 0.717) is 5.25 Å². The number of allylic oxidation sites excluding steroid dienone is 1. The molecule has 1 aromatic carbocycles. The Kier molecular flexibility index (Phi) is 4.23. The molecule has 1 aliphatic rings. The SMILES string of the molecule is O=C(S[C@@H]1C=CCCCC1)c1ccccc1. The van der Waals surface area contributed by atoms with E-state index in [1.165, 1.54) is 24.6 Å². The fourth-order valence-electron chi connectivity index (χ4n) is 1.83. The minimum absolute atomic E-state index is 0.192. The van der Waals surface area contributed by atoms with Gasteiger partial charge in [0.2, 0.25) is 5.12 Å². The molecule has 2 heteroatoms. The van der Waals surface area contributed by atoms with Crippen LogP contribution in [0.25, 0.3) is 0 Å². The van der Waals surface area contributed by atoms with Gasteiger partial charge in [0.15, 0.2) is 0 Å². The minimum Gasteiger partial charge on any atom is -0.282 e. The van der Waals surface area contributed by atoms with E-state index in [2.05, 4.69) is 12.2 Å². The Balaban J connectivity index is 1.96. The standard InChI is InChI=1S/C14H16OS/c15-14(12-8-4-3-5-9-12)16-13-10-6-1-2-7-11-13/h3-6,8-10,13H,1-2,7,11H2/t13-/m1/s1. The molecule has 0 N–H and O–H groups in total. The van der Waals surface area contributed by atoms with Gasteiger partial charge in [0.1, 0.15) is 0 Å². The predicted molar refractivity (Wildman–Crippen MR) is 69.8 cm³/mol. The van der Waals surface area contributed by atoms with Crippen molar-refractivity contribution in [3.05, 3.63) is 48.0 Å². The molecular formula is C14H16OS. The number of hydrogen-bond acceptors (Lipinski definition) is 2. The van der Waals surface area contributed by atoms with E-state index < -0.39 is 0 Å². The summed E-state index contributed by atoms with van der Waals surface area (Å²) in [4.78, 5) is 12.0. The summed E-state index contributed by atoms with van der Waals surface area (Å²) in [5, 5.41) is 0.562. The quantitative estimate of drug-likeness (QED) is 0.715.